The fraction of sp³-hybridized carbons (Fsp3) is 0.278. The number of rotatable bonds is 5. The van der Waals surface area contributed by atoms with E-state index in [2.05, 4.69) is 12.1 Å². The van der Waals surface area contributed by atoms with Crippen LogP contribution >= 0.6 is 0 Å². The number of aliphatic hydroxyl groups excluding tert-OH is 1. The summed E-state index contributed by atoms with van der Waals surface area (Å²) in [6, 6.07) is 17.6. The highest BCUT2D eigenvalue weighted by Crippen LogP contribution is 2.31. The van der Waals surface area contributed by atoms with Crippen molar-refractivity contribution in [1.29, 1.82) is 0 Å². The molecule has 1 unspecified atom stereocenters. The molecule has 1 heterocycles. The van der Waals surface area contributed by atoms with Gasteiger partial charge in [-0.2, -0.15) is 0 Å². The Morgan fingerprint density at radius 3 is 2.43 bits per heavy atom. The molecule has 1 aliphatic heterocycles. The molecule has 0 aromatic heterocycles. The van der Waals surface area contributed by atoms with Crippen molar-refractivity contribution >= 4 is 5.91 Å². The quantitative estimate of drug-likeness (QED) is 0.855. The fourth-order valence-corrected chi connectivity index (χ4v) is 2.83. The molecular weight excluding hydrogens is 262 g/mol. The second kappa shape index (κ2) is 6.10. The second-order valence-electron chi connectivity index (χ2n) is 5.40. The molecule has 3 nitrogen and oxygen atoms in total. The molecule has 0 spiro atoms. The largest absolute Gasteiger partial charge is 0.369 e. The first-order valence-electron chi connectivity index (χ1n) is 7.39. The molecule has 21 heavy (non-hydrogen) atoms. The summed E-state index contributed by atoms with van der Waals surface area (Å²) in [4.78, 5) is 13.8. The summed E-state index contributed by atoms with van der Waals surface area (Å²) in [7, 11) is 0. The first kappa shape index (κ1) is 13.8. The van der Waals surface area contributed by atoms with Crippen LogP contribution in [0.25, 0.3) is 0 Å². The predicted molar refractivity (Wildman–Crippen MR) is 81.8 cm³/mol. The van der Waals surface area contributed by atoms with Gasteiger partial charge in [0.1, 0.15) is 0 Å². The Morgan fingerprint density at radius 2 is 1.67 bits per heavy atom. The SMILES string of the molecule is O=C1c2ccccc2C(O)N1CCCCc1ccccc1. The van der Waals surface area contributed by atoms with Gasteiger partial charge in [-0.25, -0.2) is 0 Å². The molecular formula is C18H19NO2. The molecule has 0 aliphatic carbocycles. The average Bonchev–Trinajstić information content (AvgIpc) is 2.77. The van der Waals surface area contributed by atoms with Gasteiger partial charge in [0.2, 0.25) is 0 Å². The number of benzene rings is 2. The minimum absolute atomic E-state index is 0.0576. The lowest BCUT2D eigenvalue weighted by atomic mass is 10.1. The van der Waals surface area contributed by atoms with Crippen molar-refractivity contribution in [2.45, 2.75) is 25.5 Å². The molecule has 0 saturated carbocycles. The highest BCUT2D eigenvalue weighted by atomic mass is 16.3. The molecule has 1 aliphatic rings. The van der Waals surface area contributed by atoms with Gasteiger partial charge < -0.3 is 10.0 Å². The highest BCUT2D eigenvalue weighted by Gasteiger charge is 2.34. The zero-order valence-corrected chi connectivity index (χ0v) is 11.9. The first-order chi connectivity index (χ1) is 10.3. The van der Waals surface area contributed by atoms with Gasteiger partial charge in [0.15, 0.2) is 6.23 Å². The molecule has 3 heteroatoms. The van der Waals surface area contributed by atoms with E-state index >= 15 is 0 Å². The van der Waals surface area contributed by atoms with Crippen LogP contribution in [0.3, 0.4) is 0 Å². The molecule has 1 amide bonds. The number of nitrogens with zero attached hydrogens (tertiary/aromatic N) is 1. The van der Waals surface area contributed by atoms with Crippen molar-refractivity contribution in [2.75, 3.05) is 6.54 Å². The highest BCUT2D eigenvalue weighted by molar-refractivity contribution is 5.98. The van der Waals surface area contributed by atoms with Gasteiger partial charge in [0.25, 0.3) is 5.91 Å². The normalized spacial score (nSPS) is 17.1. The summed E-state index contributed by atoms with van der Waals surface area (Å²) < 4.78 is 0. The van der Waals surface area contributed by atoms with E-state index in [1.165, 1.54) is 5.56 Å². The Kier molecular flexibility index (Phi) is 4.02. The van der Waals surface area contributed by atoms with E-state index in [9.17, 15) is 9.90 Å². The summed E-state index contributed by atoms with van der Waals surface area (Å²) in [5.41, 5.74) is 2.67. The third kappa shape index (κ3) is 2.83. The summed E-state index contributed by atoms with van der Waals surface area (Å²) in [6.45, 7) is 0.599. The van der Waals surface area contributed by atoms with Gasteiger partial charge in [-0.3, -0.25) is 4.79 Å². The van der Waals surface area contributed by atoms with Crippen molar-refractivity contribution in [3.05, 3.63) is 71.3 Å². The third-order valence-electron chi connectivity index (χ3n) is 3.98. The topological polar surface area (TPSA) is 40.5 Å². The Morgan fingerprint density at radius 1 is 0.952 bits per heavy atom. The van der Waals surface area contributed by atoms with Crippen molar-refractivity contribution < 1.29 is 9.90 Å². The van der Waals surface area contributed by atoms with Crippen LogP contribution < -0.4 is 0 Å². The first-order valence-corrected chi connectivity index (χ1v) is 7.39. The van der Waals surface area contributed by atoms with E-state index in [-0.39, 0.29) is 5.91 Å². The molecule has 2 aromatic carbocycles. The number of aliphatic hydroxyl groups is 1. The van der Waals surface area contributed by atoms with Crippen LogP contribution in [-0.2, 0) is 6.42 Å². The molecule has 0 saturated heterocycles. The van der Waals surface area contributed by atoms with E-state index in [4.69, 9.17) is 0 Å². The molecule has 1 atom stereocenters. The Hall–Kier alpha value is -2.13. The molecule has 3 rings (SSSR count). The number of hydrogen-bond donors (Lipinski definition) is 1. The zero-order valence-electron chi connectivity index (χ0n) is 11.9. The van der Waals surface area contributed by atoms with Gasteiger partial charge in [0, 0.05) is 17.7 Å². The third-order valence-corrected chi connectivity index (χ3v) is 3.98. The molecule has 2 aromatic rings. The number of fused-ring (bicyclic) bond motifs is 1. The summed E-state index contributed by atoms with van der Waals surface area (Å²) >= 11 is 0. The lowest BCUT2D eigenvalue weighted by molar-refractivity contribution is 0.0170. The molecule has 1 N–H and O–H groups in total. The van der Waals surface area contributed by atoms with Crippen LogP contribution in [0, 0.1) is 0 Å². The Bertz CT molecular complexity index is 624. The van der Waals surface area contributed by atoms with Crippen LogP contribution in [0.15, 0.2) is 54.6 Å². The van der Waals surface area contributed by atoms with Crippen LogP contribution in [0.4, 0.5) is 0 Å². The van der Waals surface area contributed by atoms with Gasteiger partial charge in [-0.1, -0.05) is 48.5 Å². The van der Waals surface area contributed by atoms with Crippen molar-refractivity contribution in [1.82, 2.24) is 4.90 Å². The maximum Gasteiger partial charge on any atom is 0.256 e. The number of amides is 1. The molecule has 0 fully saturated rings. The number of unbranched alkanes of at least 4 members (excludes halogenated alkanes) is 1. The maximum atomic E-state index is 12.2. The second-order valence-corrected chi connectivity index (χ2v) is 5.40. The van der Waals surface area contributed by atoms with Gasteiger partial charge in [-0.15, -0.1) is 0 Å². The van der Waals surface area contributed by atoms with Crippen molar-refractivity contribution in [2.24, 2.45) is 0 Å². The standard InChI is InChI=1S/C18H19NO2/c20-17-15-11-4-5-12-16(15)18(21)19(17)13-7-6-10-14-8-2-1-3-9-14/h1-5,8-9,11-12,17,20H,6-7,10,13H2. The van der Waals surface area contributed by atoms with E-state index < -0.39 is 6.23 Å². The lowest BCUT2D eigenvalue weighted by Crippen LogP contribution is -2.29. The van der Waals surface area contributed by atoms with Gasteiger partial charge in [0.05, 0.1) is 0 Å². The van der Waals surface area contributed by atoms with Crippen LogP contribution in [-0.4, -0.2) is 22.5 Å². The average molecular weight is 281 g/mol. The smallest absolute Gasteiger partial charge is 0.256 e. The van der Waals surface area contributed by atoms with E-state index in [0.29, 0.717) is 12.1 Å². The molecule has 0 radical (unpaired) electrons. The van der Waals surface area contributed by atoms with E-state index in [0.717, 1.165) is 24.8 Å². The van der Waals surface area contributed by atoms with Crippen LogP contribution in [0.2, 0.25) is 0 Å². The van der Waals surface area contributed by atoms with E-state index in [1.54, 1.807) is 11.0 Å². The summed E-state index contributed by atoms with van der Waals surface area (Å²) in [6.07, 6.45) is 2.12. The zero-order chi connectivity index (χ0) is 14.7. The minimum atomic E-state index is -0.787. The maximum absolute atomic E-state index is 12.2. The van der Waals surface area contributed by atoms with Crippen LogP contribution in [0.5, 0.6) is 0 Å². The molecule has 108 valence electrons. The van der Waals surface area contributed by atoms with Crippen molar-refractivity contribution in [3.8, 4) is 0 Å². The van der Waals surface area contributed by atoms with E-state index in [1.807, 2.05) is 36.4 Å². The summed E-state index contributed by atoms with van der Waals surface area (Å²) in [5.74, 6) is -0.0576. The Labute approximate surface area is 124 Å². The number of hydrogen-bond acceptors (Lipinski definition) is 2. The fourth-order valence-electron chi connectivity index (χ4n) is 2.83. The van der Waals surface area contributed by atoms with Crippen LogP contribution in [0.1, 0.15) is 40.6 Å². The van der Waals surface area contributed by atoms with Gasteiger partial charge >= 0.3 is 0 Å². The Balaban J connectivity index is 1.54. The minimum Gasteiger partial charge on any atom is -0.369 e. The number of carbonyl (C=O) groups excluding carboxylic acids is 1. The van der Waals surface area contributed by atoms with Crippen molar-refractivity contribution in [3.63, 3.8) is 0 Å². The number of carbonyl (C=O) groups is 1. The monoisotopic (exact) mass is 281 g/mol. The predicted octanol–water partition coefficient (Wildman–Crippen LogP) is 3.16. The van der Waals surface area contributed by atoms with Gasteiger partial charge in [-0.05, 0) is 30.9 Å². The summed E-state index contributed by atoms with van der Waals surface area (Å²) in [5, 5.41) is 10.2. The lowest BCUT2D eigenvalue weighted by Gasteiger charge is -2.20. The molecule has 0 bridgehead atoms. The number of aryl methyl sites for hydroxylation is 1.